The van der Waals surface area contributed by atoms with Crippen LogP contribution in [0.3, 0.4) is 0 Å². The highest BCUT2D eigenvalue weighted by molar-refractivity contribution is 7.19. The van der Waals surface area contributed by atoms with E-state index in [-0.39, 0.29) is 5.82 Å². The van der Waals surface area contributed by atoms with Crippen LogP contribution in [-0.4, -0.2) is 19.8 Å². The third kappa shape index (κ3) is 1.93. The first-order valence-electron chi connectivity index (χ1n) is 6.25. The van der Waals surface area contributed by atoms with Crippen molar-refractivity contribution in [2.45, 2.75) is 6.92 Å². The molecule has 0 bridgehead atoms. The molecule has 3 aromatic heterocycles. The van der Waals surface area contributed by atoms with Gasteiger partial charge in [-0.2, -0.15) is 9.61 Å². The fraction of sp³-hybridized carbons (Fsp3) is 0.0714. The van der Waals surface area contributed by atoms with Gasteiger partial charge in [0.15, 0.2) is 5.82 Å². The van der Waals surface area contributed by atoms with Crippen LogP contribution in [0.2, 0.25) is 0 Å². The van der Waals surface area contributed by atoms with Gasteiger partial charge in [0, 0.05) is 5.56 Å². The highest BCUT2D eigenvalue weighted by Gasteiger charge is 2.17. The van der Waals surface area contributed by atoms with Crippen molar-refractivity contribution in [2.24, 2.45) is 0 Å². The maximum atomic E-state index is 13.0. The third-order valence-corrected chi connectivity index (χ3v) is 4.13. The van der Waals surface area contributed by atoms with Crippen molar-refractivity contribution in [1.82, 2.24) is 19.8 Å². The molecule has 0 spiro atoms. The number of fused-ring (bicyclic) bond motifs is 1. The number of aryl methyl sites for hydroxylation is 1. The van der Waals surface area contributed by atoms with E-state index >= 15 is 0 Å². The zero-order chi connectivity index (χ0) is 14.4. The summed E-state index contributed by atoms with van der Waals surface area (Å²) in [6.07, 6.45) is 1.61. The molecule has 0 atom stereocenters. The second-order valence-corrected chi connectivity index (χ2v) is 5.48. The van der Waals surface area contributed by atoms with Crippen LogP contribution in [0.4, 0.5) is 4.39 Å². The molecule has 21 heavy (non-hydrogen) atoms. The molecular formula is C14H9FN4OS. The number of nitrogens with zero attached hydrogens (tertiary/aromatic N) is 4. The summed E-state index contributed by atoms with van der Waals surface area (Å²) in [7, 11) is 0. The fourth-order valence-electron chi connectivity index (χ4n) is 2.11. The van der Waals surface area contributed by atoms with Crippen molar-refractivity contribution >= 4 is 16.3 Å². The minimum Gasteiger partial charge on any atom is -0.469 e. The minimum absolute atomic E-state index is 0.267. The van der Waals surface area contributed by atoms with E-state index < -0.39 is 0 Å². The first-order valence-corrected chi connectivity index (χ1v) is 7.06. The lowest BCUT2D eigenvalue weighted by Crippen LogP contribution is -1.91. The quantitative estimate of drug-likeness (QED) is 0.568. The molecule has 4 aromatic rings. The fourth-order valence-corrected chi connectivity index (χ4v) is 2.96. The van der Waals surface area contributed by atoms with E-state index in [1.54, 1.807) is 22.9 Å². The summed E-state index contributed by atoms with van der Waals surface area (Å²) in [5, 5.41) is 13.6. The molecule has 0 N–H and O–H groups in total. The highest BCUT2D eigenvalue weighted by atomic mass is 32.1. The van der Waals surface area contributed by atoms with E-state index in [1.165, 1.54) is 23.5 Å². The molecule has 0 unspecified atom stereocenters. The van der Waals surface area contributed by atoms with E-state index in [9.17, 15) is 4.39 Å². The van der Waals surface area contributed by atoms with E-state index in [2.05, 4.69) is 15.3 Å². The van der Waals surface area contributed by atoms with Gasteiger partial charge >= 0.3 is 0 Å². The molecule has 0 amide bonds. The Morgan fingerprint density at radius 1 is 1.14 bits per heavy atom. The maximum Gasteiger partial charge on any atom is 0.235 e. The van der Waals surface area contributed by atoms with E-state index in [0.29, 0.717) is 10.8 Å². The molecule has 0 aliphatic rings. The van der Waals surface area contributed by atoms with Gasteiger partial charge < -0.3 is 4.42 Å². The smallest absolute Gasteiger partial charge is 0.235 e. The van der Waals surface area contributed by atoms with Crippen LogP contribution in [0.5, 0.6) is 0 Å². The molecule has 0 saturated heterocycles. The molecule has 3 heterocycles. The van der Waals surface area contributed by atoms with Crippen molar-refractivity contribution in [3.05, 3.63) is 48.2 Å². The van der Waals surface area contributed by atoms with E-state index in [0.717, 1.165) is 21.9 Å². The number of hydrogen-bond acceptors (Lipinski definition) is 5. The first kappa shape index (κ1) is 12.2. The SMILES string of the molecule is Cc1occc1-c1nnc2sc(-c3ccc(F)cc3)nn12. The van der Waals surface area contributed by atoms with Crippen LogP contribution in [0.1, 0.15) is 5.76 Å². The summed E-state index contributed by atoms with van der Waals surface area (Å²) in [6, 6.07) is 8.06. The highest BCUT2D eigenvalue weighted by Crippen LogP contribution is 2.29. The Morgan fingerprint density at radius 2 is 1.95 bits per heavy atom. The molecule has 0 aliphatic heterocycles. The van der Waals surface area contributed by atoms with Crippen LogP contribution >= 0.6 is 11.3 Å². The number of hydrogen-bond donors (Lipinski definition) is 0. The summed E-state index contributed by atoms with van der Waals surface area (Å²) >= 11 is 1.41. The summed E-state index contributed by atoms with van der Waals surface area (Å²) in [5.41, 5.74) is 1.71. The zero-order valence-electron chi connectivity index (χ0n) is 10.9. The average Bonchev–Trinajstić information content (AvgIpc) is 3.15. The average molecular weight is 300 g/mol. The number of halogens is 1. The van der Waals surface area contributed by atoms with Gasteiger partial charge in [0.2, 0.25) is 4.96 Å². The second kappa shape index (κ2) is 4.49. The van der Waals surface area contributed by atoms with Gasteiger partial charge in [-0.25, -0.2) is 4.39 Å². The zero-order valence-corrected chi connectivity index (χ0v) is 11.8. The van der Waals surface area contributed by atoms with Crippen molar-refractivity contribution < 1.29 is 8.81 Å². The van der Waals surface area contributed by atoms with Crippen LogP contribution in [0.15, 0.2) is 41.0 Å². The summed E-state index contributed by atoms with van der Waals surface area (Å²) < 4.78 is 20.0. The lowest BCUT2D eigenvalue weighted by atomic mass is 10.2. The second-order valence-electron chi connectivity index (χ2n) is 4.52. The predicted molar refractivity (Wildman–Crippen MR) is 76.5 cm³/mol. The van der Waals surface area contributed by atoms with Gasteiger partial charge in [0.1, 0.15) is 16.6 Å². The molecule has 0 aliphatic carbocycles. The Bertz CT molecular complexity index is 922. The van der Waals surface area contributed by atoms with Crippen molar-refractivity contribution in [3.63, 3.8) is 0 Å². The van der Waals surface area contributed by atoms with Gasteiger partial charge in [0.05, 0.1) is 11.8 Å². The minimum atomic E-state index is -0.267. The van der Waals surface area contributed by atoms with E-state index in [1.807, 2.05) is 13.0 Å². The lowest BCUT2D eigenvalue weighted by molar-refractivity contribution is 0.535. The first-order chi connectivity index (χ1) is 10.2. The molecule has 0 saturated carbocycles. The molecular weight excluding hydrogens is 291 g/mol. The third-order valence-electron chi connectivity index (χ3n) is 3.18. The van der Waals surface area contributed by atoms with Gasteiger partial charge in [-0.1, -0.05) is 11.3 Å². The van der Waals surface area contributed by atoms with Gasteiger partial charge in [-0.15, -0.1) is 10.2 Å². The van der Waals surface area contributed by atoms with Crippen LogP contribution in [-0.2, 0) is 0 Å². The predicted octanol–water partition coefficient (Wildman–Crippen LogP) is 3.56. The van der Waals surface area contributed by atoms with Crippen molar-refractivity contribution in [2.75, 3.05) is 0 Å². The number of furan rings is 1. The van der Waals surface area contributed by atoms with Gasteiger partial charge in [0.25, 0.3) is 0 Å². The maximum absolute atomic E-state index is 13.0. The van der Waals surface area contributed by atoms with Gasteiger partial charge in [-0.05, 0) is 37.3 Å². The molecule has 5 nitrogen and oxygen atoms in total. The standard InChI is InChI=1S/C14H9FN4OS/c1-8-11(6-7-20-8)12-16-17-14-19(12)18-13(21-14)9-2-4-10(15)5-3-9/h2-7H,1H3. The van der Waals surface area contributed by atoms with Crippen LogP contribution in [0, 0.1) is 12.7 Å². The van der Waals surface area contributed by atoms with Gasteiger partial charge in [-0.3, -0.25) is 0 Å². The summed E-state index contributed by atoms with van der Waals surface area (Å²) in [6.45, 7) is 1.86. The Labute approximate surface area is 122 Å². The van der Waals surface area contributed by atoms with Crippen LogP contribution < -0.4 is 0 Å². The molecule has 0 fully saturated rings. The summed E-state index contributed by atoms with van der Waals surface area (Å²) in [5.74, 6) is 1.14. The molecule has 0 radical (unpaired) electrons. The molecule has 4 rings (SSSR count). The van der Waals surface area contributed by atoms with E-state index in [4.69, 9.17) is 4.42 Å². The van der Waals surface area contributed by atoms with Crippen LogP contribution in [0.25, 0.3) is 26.9 Å². The number of rotatable bonds is 2. The Hall–Kier alpha value is -2.54. The Balaban J connectivity index is 1.86. The topological polar surface area (TPSA) is 56.2 Å². The van der Waals surface area contributed by atoms with Crippen molar-refractivity contribution in [3.8, 4) is 22.0 Å². The lowest BCUT2D eigenvalue weighted by Gasteiger charge is -1.95. The molecule has 104 valence electrons. The molecule has 1 aromatic carbocycles. The Kier molecular flexibility index (Phi) is 2.61. The monoisotopic (exact) mass is 300 g/mol. The number of aromatic nitrogens is 4. The summed E-state index contributed by atoms with van der Waals surface area (Å²) in [4.78, 5) is 0.685. The normalized spacial score (nSPS) is 11.3. The number of benzene rings is 1. The molecule has 7 heteroatoms. The van der Waals surface area contributed by atoms with Crippen molar-refractivity contribution in [1.29, 1.82) is 0 Å². The Morgan fingerprint density at radius 3 is 2.67 bits per heavy atom. The largest absolute Gasteiger partial charge is 0.469 e.